The number of nitrogens with zero attached hydrogens (tertiary/aromatic N) is 2. The van der Waals surface area contributed by atoms with Crippen molar-refractivity contribution in [2.24, 2.45) is 0 Å². The van der Waals surface area contributed by atoms with Gasteiger partial charge < -0.3 is 10.1 Å². The molecule has 18 heavy (non-hydrogen) atoms. The zero-order valence-corrected chi connectivity index (χ0v) is 11.9. The Morgan fingerprint density at radius 2 is 2.17 bits per heavy atom. The lowest BCUT2D eigenvalue weighted by Crippen LogP contribution is -2.51. The zero-order valence-electron chi connectivity index (χ0n) is 11.9. The first-order valence-corrected chi connectivity index (χ1v) is 6.33. The molecule has 0 aliphatic rings. The number of aryl methyl sites for hydroxylation is 2. The van der Waals surface area contributed by atoms with Gasteiger partial charge in [0.25, 0.3) is 0 Å². The second-order valence-corrected chi connectivity index (χ2v) is 4.57. The van der Waals surface area contributed by atoms with E-state index in [-0.39, 0.29) is 5.97 Å². The highest BCUT2D eigenvalue weighted by Crippen LogP contribution is 2.13. The average molecular weight is 253 g/mol. The third-order valence-corrected chi connectivity index (χ3v) is 3.29. The van der Waals surface area contributed by atoms with Crippen molar-refractivity contribution < 1.29 is 9.53 Å². The number of rotatable bonds is 6. The van der Waals surface area contributed by atoms with Gasteiger partial charge in [-0.05, 0) is 32.9 Å². The molecule has 0 fully saturated rings. The van der Waals surface area contributed by atoms with Crippen LogP contribution in [0.1, 0.15) is 32.2 Å². The SMILES string of the molecule is CCc1cc(CC)n(CC(C)(NC)C(=O)OC)n1. The molecule has 1 N–H and O–H groups in total. The second kappa shape index (κ2) is 6.00. The van der Waals surface area contributed by atoms with Crippen molar-refractivity contribution in [2.75, 3.05) is 14.2 Å². The van der Waals surface area contributed by atoms with Crippen LogP contribution in [0.3, 0.4) is 0 Å². The van der Waals surface area contributed by atoms with E-state index in [9.17, 15) is 4.79 Å². The summed E-state index contributed by atoms with van der Waals surface area (Å²) in [7, 11) is 3.16. The summed E-state index contributed by atoms with van der Waals surface area (Å²) in [5, 5.41) is 7.54. The molecule has 5 heteroatoms. The Morgan fingerprint density at radius 3 is 2.61 bits per heavy atom. The van der Waals surface area contributed by atoms with Crippen molar-refractivity contribution in [1.29, 1.82) is 0 Å². The van der Waals surface area contributed by atoms with Gasteiger partial charge in [-0.2, -0.15) is 5.10 Å². The molecular formula is C13H23N3O2. The lowest BCUT2D eigenvalue weighted by molar-refractivity contribution is -0.148. The molecule has 102 valence electrons. The molecule has 1 aromatic heterocycles. The lowest BCUT2D eigenvalue weighted by atomic mass is 10.0. The van der Waals surface area contributed by atoms with E-state index in [2.05, 4.69) is 30.3 Å². The Morgan fingerprint density at radius 1 is 1.50 bits per heavy atom. The van der Waals surface area contributed by atoms with E-state index >= 15 is 0 Å². The minimum Gasteiger partial charge on any atom is -0.468 e. The standard InChI is InChI=1S/C13H23N3O2/c1-6-10-8-11(7-2)16(15-10)9-13(3,14-4)12(17)18-5/h8,14H,6-7,9H2,1-5H3. The molecular weight excluding hydrogens is 230 g/mol. The van der Waals surface area contributed by atoms with Gasteiger partial charge in [0, 0.05) is 5.69 Å². The van der Waals surface area contributed by atoms with Gasteiger partial charge in [-0.1, -0.05) is 13.8 Å². The van der Waals surface area contributed by atoms with Crippen molar-refractivity contribution in [2.45, 2.75) is 45.7 Å². The summed E-state index contributed by atoms with van der Waals surface area (Å²) in [5.41, 5.74) is 1.43. The van der Waals surface area contributed by atoms with Crippen molar-refractivity contribution >= 4 is 5.97 Å². The van der Waals surface area contributed by atoms with Crippen molar-refractivity contribution in [3.63, 3.8) is 0 Å². The Balaban J connectivity index is 3.00. The van der Waals surface area contributed by atoms with E-state index in [1.165, 1.54) is 7.11 Å². The first kappa shape index (κ1) is 14.7. The first-order valence-electron chi connectivity index (χ1n) is 6.33. The monoisotopic (exact) mass is 253 g/mol. The Kier molecular flexibility index (Phi) is 4.90. The first-order chi connectivity index (χ1) is 8.50. The zero-order chi connectivity index (χ0) is 13.8. The molecule has 0 aliphatic heterocycles. The van der Waals surface area contributed by atoms with Crippen LogP contribution in [-0.2, 0) is 28.9 Å². The van der Waals surface area contributed by atoms with Crippen LogP contribution >= 0.6 is 0 Å². The number of ether oxygens (including phenoxy) is 1. The molecule has 0 saturated carbocycles. The third kappa shape index (κ3) is 2.90. The molecule has 0 radical (unpaired) electrons. The van der Waals surface area contributed by atoms with Gasteiger partial charge in [-0.25, -0.2) is 4.79 Å². The molecule has 0 spiro atoms. The van der Waals surface area contributed by atoms with Gasteiger partial charge >= 0.3 is 5.97 Å². The summed E-state index contributed by atoms with van der Waals surface area (Å²) in [4.78, 5) is 11.8. The summed E-state index contributed by atoms with van der Waals surface area (Å²) >= 11 is 0. The van der Waals surface area contributed by atoms with E-state index in [0.29, 0.717) is 6.54 Å². The topological polar surface area (TPSA) is 56.2 Å². The molecule has 0 aromatic carbocycles. The van der Waals surface area contributed by atoms with E-state index in [0.717, 1.165) is 24.2 Å². The minimum atomic E-state index is -0.754. The van der Waals surface area contributed by atoms with Crippen LogP contribution in [0.4, 0.5) is 0 Å². The molecule has 0 bridgehead atoms. The normalized spacial score (nSPS) is 14.3. The number of aromatic nitrogens is 2. The molecule has 1 atom stereocenters. The van der Waals surface area contributed by atoms with Gasteiger partial charge in [-0.3, -0.25) is 4.68 Å². The smallest absolute Gasteiger partial charge is 0.327 e. The van der Waals surface area contributed by atoms with E-state index in [1.807, 2.05) is 11.6 Å². The third-order valence-electron chi connectivity index (χ3n) is 3.29. The maximum absolute atomic E-state index is 11.8. The summed E-state index contributed by atoms with van der Waals surface area (Å²) in [6.07, 6.45) is 1.79. The second-order valence-electron chi connectivity index (χ2n) is 4.57. The molecule has 5 nitrogen and oxygen atoms in total. The van der Waals surface area contributed by atoms with Gasteiger partial charge in [0.05, 0.1) is 19.3 Å². The maximum Gasteiger partial charge on any atom is 0.327 e. The summed E-state index contributed by atoms with van der Waals surface area (Å²) in [6.45, 7) is 6.45. The Hall–Kier alpha value is -1.36. The molecule has 0 saturated heterocycles. The predicted octanol–water partition coefficient (Wildman–Crippen LogP) is 1.16. The van der Waals surface area contributed by atoms with Gasteiger partial charge in [0.1, 0.15) is 5.54 Å². The van der Waals surface area contributed by atoms with Gasteiger partial charge in [0.2, 0.25) is 0 Å². The highest BCUT2D eigenvalue weighted by molar-refractivity contribution is 5.80. The number of carbonyl (C=O) groups is 1. The molecule has 1 heterocycles. The lowest BCUT2D eigenvalue weighted by Gasteiger charge is -2.26. The van der Waals surface area contributed by atoms with Crippen LogP contribution in [0.15, 0.2) is 6.07 Å². The van der Waals surface area contributed by atoms with Crippen LogP contribution in [0.25, 0.3) is 0 Å². The van der Waals surface area contributed by atoms with E-state index in [4.69, 9.17) is 4.74 Å². The number of esters is 1. The van der Waals surface area contributed by atoms with Crippen LogP contribution in [-0.4, -0.2) is 35.4 Å². The fourth-order valence-electron chi connectivity index (χ4n) is 1.88. The van der Waals surface area contributed by atoms with Gasteiger partial charge in [-0.15, -0.1) is 0 Å². The van der Waals surface area contributed by atoms with Gasteiger partial charge in [0.15, 0.2) is 0 Å². The number of hydrogen-bond acceptors (Lipinski definition) is 4. The minimum absolute atomic E-state index is 0.277. The van der Waals surface area contributed by atoms with E-state index < -0.39 is 5.54 Å². The van der Waals surface area contributed by atoms with Crippen molar-refractivity contribution in [3.05, 3.63) is 17.5 Å². The fraction of sp³-hybridized carbons (Fsp3) is 0.692. The van der Waals surface area contributed by atoms with E-state index in [1.54, 1.807) is 7.05 Å². The molecule has 1 aromatic rings. The highest BCUT2D eigenvalue weighted by atomic mass is 16.5. The summed E-state index contributed by atoms with van der Waals surface area (Å²) < 4.78 is 6.74. The molecule has 0 aliphatic carbocycles. The van der Waals surface area contributed by atoms with Crippen LogP contribution in [0.2, 0.25) is 0 Å². The van der Waals surface area contributed by atoms with Crippen LogP contribution in [0.5, 0.6) is 0 Å². The number of methoxy groups -OCH3 is 1. The Labute approximate surface area is 109 Å². The molecule has 1 unspecified atom stereocenters. The molecule has 1 rings (SSSR count). The van der Waals surface area contributed by atoms with Crippen molar-refractivity contribution in [3.8, 4) is 0 Å². The van der Waals surface area contributed by atoms with Crippen molar-refractivity contribution in [1.82, 2.24) is 15.1 Å². The maximum atomic E-state index is 11.8. The fourth-order valence-corrected chi connectivity index (χ4v) is 1.88. The average Bonchev–Trinajstić information content (AvgIpc) is 2.79. The van der Waals surface area contributed by atoms with Crippen LogP contribution in [0, 0.1) is 0 Å². The number of carbonyl (C=O) groups excluding carboxylic acids is 1. The number of likely N-dealkylation sites (N-methyl/N-ethyl adjacent to an activating group) is 1. The molecule has 0 amide bonds. The highest BCUT2D eigenvalue weighted by Gasteiger charge is 2.34. The summed E-state index contributed by atoms with van der Waals surface area (Å²) in [6, 6.07) is 2.09. The largest absolute Gasteiger partial charge is 0.468 e. The Bertz CT molecular complexity index is 414. The number of nitrogens with one attached hydrogen (secondary N) is 1. The predicted molar refractivity (Wildman–Crippen MR) is 70.5 cm³/mol. The number of hydrogen-bond donors (Lipinski definition) is 1. The quantitative estimate of drug-likeness (QED) is 0.773. The van der Waals surface area contributed by atoms with Crippen LogP contribution < -0.4 is 5.32 Å². The summed E-state index contributed by atoms with van der Waals surface area (Å²) in [5.74, 6) is -0.277.